The number of carbonyl (C=O) groups excluding carboxylic acids is 1. The number of halogens is 2. The number of benzene rings is 1. The lowest BCUT2D eigenvalue weighted by Crippen LogP contribution is -2.44. The highest BCUT2D eigenvalue weighted by Crippen LogP contribution is 2.43. The number of alkyl halides is 2. The van der Waals surface area contributed by atoms with Crippen molar-refractivity contribution in [1.29, 1.82) is 0 Å². The van der Waals surface area contributed by atoms with Crippen molar-refractivity contribution in [3.05, 3.63) is 58.1 Å². The first-order valence-corrected chi connectivity index (χ1v) is 14.8. The van der Waals surface area contributed by atoms with Crippen molar-refractivity contribution in [2.24, 2.45) is 5.92 Å². The first-order chi connectivity index (χ1) is 18.2. The second-order valence-corrected chi connectivity index (χ2v) is 13.7. The predicted molar refractivity (Wildman–Crippen MR) is 144 cm³/mol. The minimum atomic E-state index is -3.23. The first-order valence-electron chi connectivity index (χ1n) is 13.0. The van der Waals surface area contributed by atoms with E-state index in [-0.39, 0.29) is 40.9 Å². The molecule has 0 spiro atoms. The molecule has 39 heavy (non-hydrogen) atoms. The number of nitrogens with zero attached hydrogens (tertiary/aromatic N) is 4. The minimum Gasteiger partial charge on any atom is -0.339 e. The Balaban J connectivity index is 1.45. The molecule has 2 aliphatic heterocycles. The summed E-state index contributed by atoms with van der Waals surface area (Å²) in [6, 6.07) is 6.66. The topological polar surface area (TPSA) is 108 Å². The van der Waals surface area contributed by atoms with Crippen molar-refractivity contribution in [1.82, 2.24) is 19.5 Å². The number of rotatable bonds is 5. The van der Waals surface area contributed by atoms with Crippen LogP contribution in [0.2, 0.25) is 0 Å². The maximum Gasteiger partial charge on any atom is 0.269 e. The van der Waals surface area contributed by atoms with E-state index in [0.29, 0.717) is 12.2 Å². The van der Waals surface area contributed by atoms with Gasteiger partial charge in [-0.25, -0.2) is 26.7 Å². The first kappa shape index (κ1) is 27.3. The number of nitrogens with one attached hydrogen (secondary N) is 1. The molecule has 2 aliphatic rings. The molecular weight excluding hydrogens is 528 g/mol. The zero-order valence-electron chi connectivity index (χ0n) is 22.4. The van der Waals surface area contributed by atoms with Crippen LogP contribution in [-0.2, 0) is 20.0 Å². The molecule has 1 atom stereocenters. The van der Waals surface area contributed by atoms with Crippen molar-refractivity contribution in [2.75, 3.05) is 30.0 Å². The number of aromatic amines is 1. The van der Waals surface area contributed by atoms with Crippen LogP contribution < -0.4 is 10.5 Å². The Morgan fingerprint density at radius 1 is 1.21 bits per heavy atom. The molecule has 2 aromatic heterocycles. The fourth-order valence-electron chi connectivity index (χ4n) is 5.94. The SMILES string of the molecule is CN(C(=O)C1CCS(=O)(=O)CC1)[C@@H](c1ccc(N2CCC(C)(C)c3c2cnc2cc(=O)[nH]n32)cc1)C(C)(F)F. The summed E-state index contributed by atoms with van der Waals surface area (Å²) in [5.74, 6) is -4.51. The molecule has 0 aliphatic carbocycles. The van der Waals surface area contributed by atoms with E-state index in [0.717, 1.165) is 35.3 Å². The van der Waals surface area contributed by atoms with E-state index in [1.807, 2.05) is 4.90 Å². The minimum absolute atomic E-state index is 0.106. The Labute approximate surface area is 225 Å². The van der Waals surface area contributed by atoms with Gasteiger partial charge in [0, 0.05) is 43.6 Å². The van der Waals surface area contributed by atoms with Crippen LogP contribution in [-0.4, -0.2) is 64.8 Å². The van der Waals surface area contributed by atoms with Crippen LogP contribution in [0.25, 0.3) is 5.65 Å². The summed E-state index contributed by atoms with van der Waals surface area (Å²) in [6.07, 6.45) is 2.80. The van der Waals surface area contributed by atoms with Crippen LogP contribution in [0.3, 0.4) is 0 Å². The number of aromatic nitrogens is 3. The van der Waals surface area contributed by atoms with Gasteiger partial charge < -0.3 is 9.80 Å². The molecule has 4 heterocycles. The van der Waals surface area contributed by atoms with E-state index in [4.69, 9.17) is 0 Å². The standard InChI is InChI=1S/C27H33F2N5O4S/c1-26(2)11-12-33(20-16-30-21-15-22(35)31-34(21)24(20)26)19-7-5-17(6-8-19)23(27(3,28)29)32(4)25(36)18-9-13-39(37,38)14-10-18/h5-8,15-16,18,23H,9-14H2,1-4H3,(H,31,35)/t23-/m0/s1. The van der Waals surface area contributed by atoms with Gasteiger partial charge in [0.05, 0.1) is 29.1 Å². The normalized spacial score (nSPS) is 20.0. The van der Waals surface area contributed by atoms with Crippen molar-refractivity contribution < 1.29 is 22.0 Å². The van der Waals surface area contributed by atoms with Crippen molar-refractivity contribution in [2.45, 2.75) is 57.4 Å². The van der Waals surface area contributed by atoms with Gasteiger partial charge in [0.1, 0.15) is 15.9 Å². The van der Waals surface area contributed by atoms with E-state index < -0.39 is 33.6 Å². The van der Waals surface area contributed by atoms with Gasteiger partial charge in [-0.05, 0) is 37.0 Å². The average molecular weight is 562 g/mol. The molecule has 9 nitrogen and oxygen atoms in total. The smallest absolute Gasteiger partial charge is 0.269 e. The summed E-state index contributed by atoms with van der Waals surface area (Å²) in [4.78, 5) is 32.7. The molecule has 1 amide bonds. The molecule has 12 heteroatoms. The molecule has 0 bridgehead atoms. The summed E-state index contributed by atoms with van der Waals surface area (Å²) < 4.78 is 55.1. The van der Waals surface area contributed by atoms with Gasteiger partial charge in [-0.3, -0.25) is 14.7 Å². The lowest BCUT2D eigenvalue weighted by molar-refractivity contribution is -0.146. The third-order valence-corrected chi connectivity index (χ3v) is 9.74. The quantitative estimate of drug-likeness (QED) is 0.508. The largest absolute Gasteiger partial charge is 0.339 e. The van der Waals surface area contributed by atoms with Crippen molar-refractivity contribution in [3.63, 3.8) is 0 Å². The molecular formula is C27H33F2N5O4S. The Morgan fingerprint density at radius 2 is 1.85 bits per heavy atom. The number of carbonyl (C=O) groups is 1. The fourth-order valence-corrected chi connectivity index (χ4v) is 7.43. The lowest BCUT2D eigenvalue weighted by Gasteiger charge is -2.40. The Morgan fingerprint density at radius 3 is 2.46 bits per heavy atom. The fraction of sp³-hybridized carbons (Fsp3) is 0.519. The highest BCUT2D eigenvalue weighted by molar-refractivity contribution is 7.91. The van der Waals surface area contributed by atoms with Gasteiger partial charge in [0.2, 0.25) is 5.91 Å². The van der Waals surface area contributed by atoms with Gasteiger partial charge in [-0.15, -0.1) is 0 Å². The molecule has 0 saturated carbocycles. The monoisotopic (exact) mass is 561 g/mol. The van der Waals surface area contributed by atoms with E-state index in [2.05, 4.69) is 23.9 Å². The second-order valence-electron chi connectivity index (χ2n) is 11.4. The molecule has 210 valence electrons. The van der Waals surface area contributed by atoms with Crippen LogP contribution in [0.4, 0.5) is 20.2 Å². The van der Waals surface area contributed by atoms with Crippen LogP contribution in [0.5, 0.6) is 0 Å². The summed E-state index contributed by atoms with van der Waals surface area (Å²) in [6.45, 7) is 5.66. The summed E-state index contributed by atoms with van der Waals surface area (Å²) in [5.41, 5.74) is 2.82. The number of hydrogen-bond donors (Lipinski definition) is 1. The molecule has 5 rings (SSSR count). The van der Waals surface area contributed by atoms with Gasteiger partial charge in [-0.2, -0.15) is 0 Å². The van der Waals surface area contributed by atoms with E-state index in [1.54, 1.807) is 35.0 Å². The third-order valence-electron chi connectivity index (χ3n) is 8.03. The van der Waals surface area contributed by atoms with Crippen LogP contribution in [0.15, 0.2) is 41.3 Å². The number of anilines is 2. The van der Waals surface area contributed by atoms with E-state index in [1.165, 1.54) is 13.1 Å². The highest BCUT2D eigenvalue weighted by Gasteiger charge is 2.43. The van der Waals surface area contributed by atoms with E-state index >= 15 is 0 Å². The molecule has 0 unspecified atom stereocenters. The molecule has 3 aromatic rings. The molecule has 1 fully saturated rings. The Hall–Kier alpha value is -3.28. The number of amides is 1. The number of hydrogen-bond acceptors (Lipinski definition) is 6. The highest BCUT2D eigenvalue weighted by atomic mass is 32.2. The Kier molecular flexibility index (Phi) is 6.60. The third kappa shape index (κ3) is 5.06. The summed E-state index contributed by atoms with van der Waals surface area (Å²) in [5, 5.41) is 2.83. The average Bonchev–Trinajstić information content (AvgIpc) is 3.23. The summed E-state index contributed by atoms with van der Waals surface area (Å²) >= 11 is 0. The van der Waals surface area contributed by atoms with Gasteiger partial charge >= 0.3 is 0 Å². The maximum absolute atomic E-state index is 14.9. The predicted octanol–water partition coefficient (Wildman–Crippen LogP) is 3.82. The molecule has 0 radical (unpaired) electrons. The molecule has 1 N–H and O–H groups in total. The van der Waals surface area contributed by atoms with Crippen LogP contribution in [0.1, 0.15) is 57.3 Å². The Bertz CT molecular complexity index is 1560. The zero-order chi connectivity index (χ0) is 28.3. The van der Waals surface area contributed by atoms with Crippen molar-refractivity contribution in [3.8, 4) is 0 Å². The van der Waals surface area contributed by atoms with Crippen LogP contribution in [0, 0.1) is 5.92 Å². The number of sulfone groups is 1. The second kappa shape index (κ2) is 9.42. The van der Waals surface area contributed by atoms with Gasteiger partial charge in [-0.1, -0.05) is 26.0 Å². The van der Waals surface area contributed by atoms with Crippen molar-refractivity contribution >= 4 is 32.8 Å². The van der Waals surface area contributed by atoms with E-state index in [9.17, 15) is 26.8 Å². The molecule has 1 saturated heterocycles. The zero-order valence-corrected chi connectivity index (χ0v) is 23.3. The van der Waals surface area contributed by atoms with Gasteiger partial charge in [0.15, 0.2) is 5.65 Å². The number of fused-ring (bicyclic) bond motifs is 3. The summed E-state index contributed by atoms with van der Waals surface area (Å²) in [7, 11) is -1.82. The van der Waals surface area contributed by atoms with Gasteiger partial charge in [0.25, 0.3) is 11.5 Å². The number of H-pyrrole nitrogens is 1. The van der Waals surface area contributed by atoms with Crippen LogP contribution >= 0.6 is 0 Å². The lowest BCUT2D eigenvalue weighted by atomic mass is 9.81. The molecule has 1 aromatic carbocycles. The maximum atomic E-state index is 14.9.